The lowest BCUT2D eigenvalue weighted by Gasteiger charge is -2.58. The molecule has 0 amide bonds. The molecule has 0 radical (unpaired) electrons. The van der Waals surface area contributed by atoms with Gasteiger partial charge in [0.15, 0.2) is 0 Å². The predicted molar refractivity (Wildman–Crippen MR) is 94.1 cm³/mol. The molecule has 0 aromatic carbocycles. The fourth-order valence-electron chi connectivity index (χ4n) is 4.46. The number of hydrogen-bond donors (Lipinski definition) is 1. The minimum Gasteiger partial charge on any atom is -0.341 e. The summed E-state index contributed by atoms with van der Waals surface area (Å²) in [5.74, 6) is 0. The number of nitrogens with one attached hydrogen (secondary N) is 1. The van der Waals surface area contributed by atoms with E-state index in [0.29, 0.717) is 6.04 Å². The van der Waals surface area contributed by atoms with Gasteiger partial charge in [-0.3, -0.25) is 0 Å². The highest BCUT2D eigenvalue weighted by Crippen LogP contribution is 2.35. The van der Waals surface area contributed by atoms with Crippen molar-refractivity contribution < 1.29 is 0 Å². The van der Waals surface area contributed by atoms with E-state index in [1.165, 1.54) is 0 Å². The Hall–Kier alpha value is 0.828. The summed E-state index contributed by atoms with van der Waals surface area (Å²) < 4.78 is 0. The largest absolute Gasteiger partial charge is 0.341 e. The first-order valence-electron chi connectivity index (χ1n) is 6.94. The minimum absolute atomic E-state index is 0.659. The number of hydrogen-bond acceptors (Lipinski definition) is 1. The third-order valence-corrected chi connectivity index (χ3v) is 73.7. The van der Waals surface area contributed by atoms with E-state index in [1.54, 1.807) is 0 Å². The maximum absolute atomic E-state index is 4.24. The van der Waals surface area contributed by atoms with Gasteiger partial charge in [0.1, 0.15) is 0 Å². The molecule has 0 heterocycles. The summed E-state index contributed by atoms with van der Waals surface area (Å²) in [6.45, 7) is 27.1. The van der Waals surface area contributed by atoms with E-state index in [0.717, 1.165) is 0 Å². The molecule has 0 rings (SSSR count). The molecule has 0 spiro atoms. The molecular formula is C12H35NSi4. The number of rotatable bonds is 5. The maximum Gasteiger partial charge on any atom is 0.0975 e. The van der Waals surface area contributed by atoms with Crippen molar-refractivity contribution in [3.63, 3.8) is 0 Å². The fraction of sp³-hybridized carbons (Fsp3) is 1.00. The van der Waals surface area contributed by atoms with Crippen LogP contribution in [0.15, 0.2) is 0 Å². The molecule has 0 aliphatic heterocycles. The summed E-state index contributed by atoms with van der Waals surface area (Å²) in [5, 5.41) is 0. The van der Waals surface area contributed by atoms with Crippen LogP contribution in [0.25, 0.3) is 0 Å². The van der Waals surface area contributed by atoms with Crippen molar-refractivity contribution in [1.82, 2.24) is 4.98 Å². The Labute approximate surface area is 113 Å². The molecule has 0 unspecified atom stereocenters. The Bertz CT molecular complexity index is 219. The Morgan fingerprint density at radius 1 is 0.588 bits per heavy atom. The van der Waals surface area contributed by atoms with Gasteiger partial charge in [-0.2, -0.15) is 0 Å². The van der Waals surface area contributed by atoms with Gasteiger partial charge in [0.2, 0.25) is 0 Å². The van der Waals surface area contributed by atoms with Crippen molar-refractivity contribution in [1.29, 1.82) is 0 Å². The topological polar surface area (TPSA) is 12.0 Å². The summed E-state index contributed by atoms with van der Waals surface area (Å²) in [5.41, 5.74) is 0. The molecule has 104 valence electrons. The van der Waals surface area contributed by atoms with Crippen molar-refractivity contribution in [2.24, 2.45) is 0 Å². The third kappa shape index (κ3) is 3.43. The van der Waals surface area contributed by atoms with E-state index in [4.69, 9.17) is 0 Å². The molecule has 0 bridgehead atoms. The Morgan fingerprint density at radius 3 is 0.882 bits per heavy atom. The van der Waals surface area contributed by atoms with E-state index >= 15 is 0 Å². The van der Waals surface area contributed by atoms with Crippen LogP contribution in [-0.2, 0) is 0 Å². The zero-order valence-electron chi connectivity index (χ0n) is 14.1. The molecule has 1 nitrogen and oxygen atoms in total. The fourth-order valence-corrected chi connectivity index (χ4v) is 101. The lowest BCUT2D eigenvalue weighted by atomic mass is 10.4. The zero-order chi connectivity index (χ0) is 14.3. The predicted octanol–water partition coefficient (Wildman–Crippen LogP) is 4.18. The molecule has 5 heteroatoms. The average molecular weight is 306 g/mol. The quantitative estimate of drug-likeness (QED) is 0.751. The lowest BCUT2D eigenvalue weighted by Crippen LogP contribution is -2.90. The molecule has 0 fully saturated rings. The average Bonchev–Trinajstić information content (AvgIpc) is 1.91. The molecule has 0 atom stereocenters. The standard InChI is InChI=1S/C12H35NSi4/c1-12(2)13-17(14(3,4)5,15(6,7)8)16(9,10)11/h12-13H,1-11H3. The summed E-state index contributed by atoms with van der Waals surface area (Å²) in [6.07, 6.45) is 0. The third-order valence-electron chi connectivity index (χ3n) is 3.88. The van der Waals surface area contributed by atoms with Crippen molar-refractivity contribution in [3.05, 3.63) is 0 Å². The summed E-state index contributed by atoms with van der Waals surface area (Å²) in [6, 6.07) is 0.659. The zero-order valence-corrected chi connectivity index (χ0v) is 18.1. The Kier molecular flexibility index (Phi) is 5.32. The van der Waals surface area contributed by atoms with Gasteiger partial charge in [0, 0.05) is 0 Å². The van der Waals surface area contributed by atoms with Crippen LogP contribution < -0.4 is 4.98 Å². The van der Waals surface area contributed by atoms with Crippen molar-refractivity contribution in [2.75, 3.05) is 0 Å². The maximum atomic E-state index is 4.24. The second-order valence-electron chi connectivity index (χ2n) is 8.80. The van der Waals surface area contributed by atoms with Gasteiger partial charge in [-0.15, -0.1) is 0 Å². The van der Waals surface area contributed by atoms with E-state index in [-0.39, 0.29) is 0 Å². The Morgan fingerprint density at radius 2 is 0.824 bits per heavy atom. The molecular weight excluding hydrogens is 270 g/mol. The molecule has 0 aromatic rings. The second-order valence-corrected chi connectivity index (χ2v) is 48.8. The van der Waals surface area contributed by atoms with Gasteiger partial charge in [-0.05, 0) is 6.04 Å². The van der Waals surface area contributed by atoms with Gasteiger partial charge in [0.05, 0.1) is 29.6 Å². The smallest absolute Gasteiger partial charge is 0.0975 e. The first-order chi connectivity index (χ1) is 7.17. The molecule has 0 aromatic heterocycles. The van der Waals surface area contributed by atoms with Crippen LogP contribution in [0.1, 0.15) is 13.8 Å². The summed E-state index contributed by atoms with van der Waals surface area (Å²) in [4.78, 5) is 4.24. The molecule has 0 saturated carbocycles. The highest BCUT2D eigenvalue weighted by Gasteiger charge is 2.61. The monoisotopic (exact) mass is 305 g/mol. The Balaban J connectivity index is 5.93. The minimum atomic E-state index is -1.30. The van der Waals surface area contributed by atoms with Gasteiger partial charge in [-0.1, -0.05) is 72.8 Å². The summed E-state index contributed by atoms with van der Waals surface area (Å²) in [7, 11) is -3.36. The first-order valence-corrected chi connectivity index (χ1v) is 22.4. The second kappa shape index (κ2) is 5.07. The molecule has 17 heavy (non-hydrogen) atoms. The highest BCUT2D eigenvalue weighted by atomic mass is 29.9. The van der Waals surface area contributed by atoms with E-state index in [9.17, 15) is 0 Å². The van der Waals surface area contributed by atoms with E-state index in [1.807, 2.05) is 0 Å². The van der Waals surface area contributed by atoms with E-state index < -0.39 is 29.6 Å². The van der Waals surface area contributed by atoms with Crippen LogP contribution >= 0.6 is 0 Å². The summed E-state index contributed by atoms with van der Waals surface area (Å²) >= 11 is 0. The molecule has 0 aliphatic carbocycles. The van der Waals surface area contributed by atoms with Gasteiger partial charge in [-0.25, -0.2) is 0 Å². The van der Waals surface area contributed by atoms with Crippen LogP contribution in [0.3, 0.4) is 0 Å². The SMILES string of the molecule is CC(C)N[Si]([Si](C)(C)C)([Si](C)(C)C)[Si](C)(C)C. The van der Waals surface area contributed by atoms with Crippen LogP contribution in [0.2, 0.25) is 58.9 Å². The van der Waals surface area contributed by atoms with Crippen LogP contribution in [0.4, 0.5) is 0 Å². The lowest BCUT2D eigenvalue weighted by molar-refractivity contribution is 0.748. The van der Waals surface area contributed by atoms with E-state index in [2.05, 4.69) is 77.8 Å². The molecule has 0 aliphatic rings. The van der Waals surface area contributed by atoms with Crippen LogP contribution in [0, 0.1) is 0 Å². The molecule has 0 saturated heterocycles. The van der Waals surface area contributed by atoms with Crippen molar-refractivity contribution in [2.45, 2.75) is 78.8 Å². The van der Waals surface area contributed by atoms with Crippen LogP contribution in [-0.4, -0.2) is 35.6 Å². The van der Waals surface area contributed by atoms with Gasteiger partial charge < -0.3 is 4.98 Å². The van der Waals surface area contributed by atoms with Crippen molar-refractivity contribution >= 4 is 29.6 Å². The van der Waals surface area contributed by atoms with Gasteiger partial charge in [0.25, 0.3) is 0 Å². The van der Waals surface area contributed by atoms with Gasteiger partial charge >= 0.3 is 0 Å². The van der Waals surface area contributed by atoms with Crippen molar-refractivity contribution in [3.8, 4) is 0 Å². The highest BCUT2D eigenvalue weighted by molar-refractivity contribution is 7.88. The molecule has 1 N–H and O–H groups in total. The normalized spacial score (nSPS) is 15.5. The van der Waals surface area contributed by atoms with Crippen LogP contribution in [0.5, 0.6) is 0 Å². The first kappa shape index (κ1) is 17.8.